The first kappa shape index (κ1) is 19.1. The number of carboxylic acids is 1. The Labute approximate surface area is 141 Å². The van der Waals surface area contributed by atoms with Gasteiger partial charge in [-0.15, -0.1) is 6.58 Å². The molecule has 23 heavy (non-hydrogen) atoms. The van der Waals surface area contributed by atoms with Crippen LogP contribution in [0.2, 0.25) is 0 Å². The molecule has 1 aromatic carbocycles. The lowest BCUT2D eigenvalue weighted by molar-refractivity contribution is -0.137. The van der Waals surface area contributed by atoms with Gasteiger partial charge in [0, 0.05) is 10.8 Å². The van der Waals surface area contributed by atoms with E-state index in [0.29, 0.717) is 37.2 Å². The number of carbonyl (C=O) groups excluding carboxylic acids is 1. The molecular weight excluding hydrogens is 316 g/mol. The first-order valence-electron chi connectivity index (χ1n) is 7.36. The average Bonchev–Trinajstić information content (AvgIpc) is 2.45. The van der Waals surface area contributed by atoms with E-state index in [-0.39, 0.29) is 28.8 Å². The van der Waals surface area contributed by atoms with Crippen LogP contribution in [-0.2, 0) is 11.2 Å². The number of thiol groups is 1. The van der Waals surface area contributed by atoms with Crippen LogP contribution in [0.25, 0.3) is 0 Å². The molecule has 0 saturated heterocycles. The molecule has 1 atom stereocenters. The van der Waals surface area contributed by atoms with Gasteiger partial charge in [0.05, 0.1) is 18.6 Å². The lowest BCUT2D eigenvalue weighted by Gasteiger charge is -2.14. The van der Waals surface area contributed by atoms with Gasteiger partial charge in [-0.25, -0.2) is 0 Å². The molecule has 5 nitrogen and oxygen atoms in total. The fraction of sp³-hybridized carbons (Fsp3) is 0.412. The molecule has 0 amide bonds. The van der Waals surface area contributed by atoms with Crippen molar-refractivity contribution in [2.24, 2.45) is 0 Å². The maximum Gasteiger partial charge on any atom is 0.304 e. The summed E-state index contributed by atoms with van der Waals surface area (Å²) in [6.07, 6.45) is 3.28. The van der Waals surface area contributed by atoms with Crippen LogP contribution < -0.4 is 4.74 Å². The maximum absolute atomic E-state index is 11.5. The van der Waals surface area contributed by atoms with Crippen molar-refractivity contribution in [2.45, 2.75) is 37.9 Å². The first-order chi connectivity index (χ1) is 10.9. The Morgan fingerprint density at radius 3 is 2.70 bits per heavy atom. The number of ketones is 1. The van der Waals surface area contributed by atoms with Crippen molar-refractivity contribution in [3.63, 3.8) is 0 Å². The van der Waals surface area contributed by atoms with Gasteiger partial charge in [0.1, 0.15) is 11.5 Å². The highest BCUT2D eigenvalue weighted by molar-refractivity contribution is 7.81. The van der Waals surface area contributed by atoms with Crippen LogP contribution in [0.3, 0.4) is 0 Å². The maximum atomic E-state index is 11.5. The van der Waals surface area contributed by atoms with Gasteiger partial charge >= 0.3 is 5.97 Å². The molecule has 0 aromatic heterocycles. The number of ether oxygens (including phenoxy) is 1. The molecular formula is C17H22O5S. The molecule has 1 rings (SSSR count). The summed E-state index contributed by atoms with van der Waals surface area (Å²) in [6, 6.07) is 3.19. The molecule has 0 radical (unpaired) electrons. The highest BCUT2D eigenvalue weighted by Crippen LogP contribution is 2.32. The zero-order valence-corrected chi connectivity index (χ0v) is 14.0. The predicted molar refractivity (Wildman–Crippen MR) is 91.8 cm³/mol. The number of phenolic OH excluding ortho intramolecular Hbond substituents is 1. The highest BCUT2D eigenvalue weighted by atomic mass is 32.1. The summed E-state index contributed by atoms with van der Waals surface area (Å²) in [7, 11) is 0. The van der Waals surface area contributed by atoms with E-state index in [1.165, 1.54) is 13.0 Å². The molecule has 0 bridgehead atoms. The molecule has 0 aliphatic rings. The van der Waals surface area contributed by atoms with Crippen LogP contribution in [-0.4, -0.2) is 33.8 Å². The van der Waals surface area contributed by atoms with Gasteiger partial charge in [-0.2, -0.15) is 12.6 Å². The third kappa shape index (κ3) is 5.98. The number of carbonyl (C=O) groups is 2. The van der Waals surface area contributed by atoms with Gasteiger partial charge in [0.25, 0.3) is 0 Å². The second-order valence-corrected chi connectivity index (χ2v) is 5.96. The Bertz CT molecular complexity index is 583. The minimum absolute atomic E-state index is 0.0128. The molecule has 0 aliphatic heterocycles. The van der Waals surface area contributed by atoms with Crippen LogP contribution in [0.4, 0.5) is 0 Å². The Morgan fingerprint density at radius 2 is 2.13 bits per heavy atom. The molecule has 1 aromatic rings. The van der Waals surface area contributed by atoms with Gasteiger partial charge in [0.2, 0.25) is 0 Å². The molecule has 0 fully saturated rings. The molecule has 0 spiro atoms. The van der Waals surface area contributed by atoms with Crippen molar-refractivity contribution >= 4 is 24.4 Å². The van der Waals surface area contributed by atoms with E-state index >= 15 is 0 Å². The number of phenols is 1. The summed E-state index contributed by atoms with van der Waals surface area (Å²) >= 11 is 4.21. The van der Waals surface area contributed by atoms with E-state index in [0.717, 1.165) is 0 Å². The number of rotatable bonds is 10. The smallest absolute Gasteiger partial charge is 0.304 e. The van der Waals surface area contributed by atoms with Gasteiger partial charge in [-0.3, -0.25) is 9.59 Å². The quantitative estimate of drug-likeness (QED) is 0.264. The van der Waals surface area contributed by atoms with Gasteiger partial charge in [-0.05, 0) is 38.3 Å². The lowest BCUT2D eigenvalue weighted by Crippen LogP contribution is -2.09. The van der Waals surface area contributed by atoms with E-state index in [2.05, 4.69) is 19.2 Å². The largest absolute Gasteiger partial charge is 0.507 e. The molecule has 1 unspecified atom stereocenters. The zero-order valence-electron chi connectivity index (χ0n) is 13.1. The second-order valence-electron chi connectivity index (χ2n) is 5.23. The van der Waals surface area contributed by atoms with E-state index in [4.69, 9.17) is 9.84 Å². The Hall–Kier alpha value is -1.95. The van der Waals surface area contributed by atoms with Crippen molar-refractivity contribution < 1.29 is 24.5 Å². The number of allylic oxidation sites excluding steroid dienone is 1. The highest BCUT2D eigenvalue weighted by Gasteiger charge is 2.15. The average molecular weight is 338 g/mol. The summed E-state index contributed by atoms with van der Waals surface area (Å²) < 4.78 is 5.66. The number of Topliss-reactive ketones (excluding diaryl/α,β-unsaturated/α-hetero) is 1. The monoisotopic (exact) mass is 338 g/mol. The van der Waals surface area contributed by atoms with E-state index in [1.807, 2.05) is 0 Å². The minimum Gasteiger partial charge on any atom is -0.507 e. The molecule has 0 heterocycles. The number of carboxylic acid groups (broad SMARTS) is 1. The number of aromatic hydroxyl groups is 1. The lowest BCUT2D eigenvalue weighted by atomic mass is 10.0. The van der Waals surface area contributed by atoms with Crippen molar-refractivity contribution in [1.82, 2.24) is 0 Å². The Morgan fingerprint density at radius 1 is 1.43 bits per heavy atom. The summed E-state index contributed by atoms with van der Waals surface area (Å²) in [5.41, 5.74) is 0.784. The summed E-state index contributed by atoms with van der Waals surface area (Å²) in [5, 5.41) is 18.6. The van der Waals surface area contributed by atoms with Gasteiger partial charge in [0.15, 0.2) is 5.78 Å². The normalized spacial score (nSPS) is 11.7. The molecule has 2 N–H and O–H groups in total. The number of aliphatic carboxylic acids is 1. The fourth-order valence-electron chi connectivity index (χ4n) is 2.18. The fourth-order valence-corrected chi connectivity index (χ4v) is 2.52. The van der Waals surface area contributed by atoms with Crippen LogP contribution in [0.15, 0.2) is 24.8 Å². The summed E-state index contributed by atoms with van der Waals surface area (Å²) in [5.74, 6) is -0.663. The summed E-state index contributed by atoms with van der Waals surface area (Å²) in [6.45, 7) is 5.41. The van der Waals surface area contributed by atoms with Crippen LogP contribution in [0.1, 0.15) is 42.1 Å². The molecule has 6 heteroatoms. The van der Waals surface area contributed by atoms with E-state index in [1.54, 1.807) is 12.1 Å². The third-order valence-corrected chi connectivity index (χ3v) is 3.76. The second kappa shape index (κ2) is 9.25. The Balaban J connectivity index is 2.69. The standard InChI is InChI=1S/C17H22O5S/c1-3-5-14-15(8-7-13(11(2)18)17(14)21)22-9-4-6-12(23)10-16(19)20/h3,7-8,12,21,23H,1,4-6,9-10H2,2H3,(H,19,20). The molecule has 0 saturated carbocycles. The van der Waals surface area contributed by atoms with Crippen LogP contribution >= 0.6 is 12.6 Å². The molecule has 126 valence electrons. The SMILES string of the molecule is C=CCc1c(OCCCC(S)CC(=O)O)ccc(C(C)=O)c1O. The van der Waals surface area contributed by atoms with E-state index < -0.39 is 5.97 Å². The zero-order chi connectivity index (χ0) is 17.4. The first-order valence-corrected chi connectivity index (χ1v) is 7.87. The number of hydrogen-bond acceptors (Lipinski definition) is 5. The predicted octanol–water partition coefficient (Wildman–Crippen LogP) is 3.26. The van der Waals surface area contributed by atoms with Crippen LogP contribution in [0.5, 0.6) is 11.5 Å². The molecule has 0 aliphatic carbocycles. The summed E-state index contributed by atoms with van der Waals surface area (Å²) in [4.78, 5) is 22.0. The van der Waals surface area contributed by atoms with Gasteiger partial charge in [-0.1, -0.05) is 6.08 Å². The van der Waals surface area contributed by atoms with Crippen molar-refractivity contribution in [2.75, 3.05) is 6.61 Å². The van der Waals surface area contributed by atoms with Gasteiger partial charge < -0.3 is 14.9 Å². The number of hydrogen-bond donors (Lipinski definition) is 3. The van der Waals surface area contributed by atoms with Crippen LogP contribution in [0, 0.1) is 0 Å². The van der Waals surface area contributed by atoms with E-state index in [9.17, 15) is 14.7 Å². The number of benzene rings is 1. The van der Waals surface area contributed by atoms with Crippen molar-refractivity contribution in [1.29, 1.82) is 0 Å². The topological polar surface area (TPSA) is 83.8 Å². The third-order valence-electron chi connectivity index (χ3n) is 3.32. The Kier molecular flexibility index (Phi) is 7.68. The van der Waals surface area contributed by atoms with Crippen molar-refractivity contribution in [3.8, 4) is 11.5 Å². The van der Waals surface area contributed by atoms with Crippen molar-refractivity contribution in [3.05, 3.63) is 35.9 Å². The minimum atomic E-state index is -0.871.